The lowest BCUT2D eigenvalue weighted by Crippen LogP contribution is -2.29. The van der Waals surface area contributed by atoms with Crippen LogP contribution in [0.5, 0.6) is 0 Å². The van der Waals surface area contributed by atoms with Gasteiger partial charge in [0, 0.05) is 36.2 Å². The average molecular weight is 385 g/mol. The average Bonchev–Trinajstić information content (AvgIpc) is 2.55. The minimum Gasteiger partial charge on any atom is -0.385 e. The van der Waals surface area contributed by atoms with E-state index in [1.165, 1.54) is 4.88 Å². The maximum absolute atomic E-state index is 5.12. The zero-order valence-electron chi connectivity index (χ0n) is 10.5. The predicted molar refractivity (Wildman–Crippen MR) is 81.7 cm³/mol. The Labute approximate surface area is 124 Å². The second kappa shape index (κ2) is 7.24. The third-order valence-electron chi connectivity index (χ3n) is 2.58. The highest BCUT2D eigenvalue weighted by Crippen LogP contribution is 2.32. The van der Waals surface area contributed by atoms with Crippen molar-refractivity contribution in [2.75, 3.05) is 20.3 Å². The fourth-order valence-corrected chi connectivity index (χ4v) is 3.62. The Morgan fingerprint density at radius 1 is 1.41 bits per heavy atom. The highest BCUT2D eigenvalue weighted by Gasteiger charge is 2.17. The summed E-state index contributed by atoms with van der Waals surface area (Å²) >= 11 is 8.78. The number of nitrogens with one attached hydrogen (secondary N) is 1. The van der Waals surface area contributed by atoms with Crippen molar-refractivity contribution in [1.29, 1.82) is 0 Å². The minimum atomic E-state index is 0.279. The van der Waals surface area contributed by atoms with Crippen LogP contribution in [0.15, 0.2) is 14.3 Å². The summed E-state index contributed by atoms with van der Waals surface area (Å²) < 4.78 is 7.42. The summed E-state index contributed by atoms with van der Waals surface area (Å²) in [4.78, 5) is 1.34. The van der Waals surface area contributed by atoms with Crippen LogP contribution in [0.1, 0.15) is 25.1 Å². The number of rotatable bonds is 7. The molecule has 1 aromatic rings. The van der Waals surface area contributed by atoms with E-state index in [2.05, 4.69) is 57.1 Å². The molecule has 1 aromatic heterocycles. The molecule has 98 valence electrons. The van der Waals surface area contributed by atoms with Crippen LogP contribution in [0.2, 0.25) is 0 Å². The van der Waals surface area contributed by atoms with E-state index in [1.54, 1.807) is 18.4 Å². The maximum Gasteiger partial charge on any atom is 0.0843 e. The van der Waals surface area contributed by atoms with Crippen LogP contribution >= 0.6 is 43.2 Å². The molecule has 5 heteroatoms. The van der Waals surface area contributed by atoms with Gasteiger partial charge in [0.2, 0.25) is 0 Å². The smallest absolute Gasteiger partial charge is 0.0843 e. The molecule has 2 nitrogen and oxygen atoms in total. The summed E-state index contributed by atoms with van der Waals surface area (Å²) in [5.41, 5.74) is 0.279. The summed E-state index contributed by atoms with van der Waals surface area (Å²) in [6, 6.07) is 2.16. The molecular weight excluding hydrogens is 366 g/mol. The van der Waals surface area contributed by atoms with Gasteiger partial charge in [-0.2, -0.15) is 0 Å². The first-order valence-electron chi connectivity index (χ1n) is 5.58. The molecule has 0 bridgehead atoms. The summed E-state index contributed by atoms with van der Waals surface area (Å²) in [5.74, 6) is 0. The van der Waals surface area contributed by atoms with Crippen molar-refractivity contribution < 1.29 is 4.74 Å². The quantitative estimate of drug-likeness (QED) is 0.750. The van der Waals surface area contributed by atoms with Gasteiger partial charge < -0.3 is 10.1 Å². The van der Waals surface area contributed by atoms with Crippen molar-refractivity contribution >= 4 is 43.2 Å². The second-order valence-electron chi connectivity index (χ2n) is 4.84. The van der Waals surface area contributed by atoms with E-state index in [0.29, 0.717) is 0 Å². The molecule has 0 unspecified atom stereocenters. The summed E-state index contributed by atoms with van der Waals surface area (Å²) in [5, 5.41) is 3.50. The van der Waals surface area contributed by atoms with Gasteiger partial charge >= 0.3 is 0 Å². The molecule has 0 aliphatic rings. The number of halogens is 2. The summed E-state index contributed by atoms with van der Waals surface area (Å²) in [6.45, 7) is 7.28. The van der Waals surface area contributed by atoms with Gasteiger partial charge in [-0.25, -0.2) is 0 Å². The lowest BCUT2D eigenvalue weighted by atomic mass is 9.90. The molecule has 1 N–H and O–H groups in total. The SMILES string of the molecule is COCCC(C)(C)CNCc1cc(Br)c(Br)s1. The fraction of sp³-hybridized carbons (Fsp3) is 0.667. The van der Waals surface area contributed by atoms with E-state index < -0.39 is 0 Å². The van der Waals surface area contributed by atoms with E-state index >= 15 is 0 Å². The highest BCUT2D eigenvalue weighted by atomic mass is 79.9. The largest absolute Gasteiger partial charge is 0.385 e. The van der Waals surface area contributed by atoms with Crippen molar-refractivity contribution in [2.45, 2.75) is 26.8 Å². The Kier molecular flexibility index (Phi) is 6.66. The van der Waals surface area contributed by atoms with E-state index in [1.807, 2.05) is 0 Å². The van der Waals surface area contributed by atoms with Gasteiger partial charge in [0.25, 0.3) is 0 Å². The first-order valence-corrected chi connectivity index (χ1v) is 7.98. The summed E-state index contributed by atoms with van der Waals surface area (Å²) in [6.07, 6.45) is 1.08. The van der Waals surface area contributed by atoms with Crippen molar-refractivity contribution in [1.82, 2.24) is 5.32 Å². The first kappa shape index (κ1) is 15.6. The zero-order valence-corrected chi connectivity index (χ0v) is 14.5. The number of hydrogen-bond acceptors (Lipinski definition) is 3. The Morgan fingerprint density at radius 2 is 2.12 bits per heavy atom. The molecule has 0 aliphatic carbocycles. The third kappa shape index (κ3) is 5.83. The summed E-state index contributed by atoms with van der Waals surface area (Å²) in [7, 11) is 1.75. The van der Waals surface area contributed by atoms with Crippen LogP contribution in [-0.4, -0.2) is 20.3 Å². The van der Waals surface area contributed by atoms with E-state index in [4.69, 9.17) is 4.74 Å². The standard InChI is InChI=1S/C12H19Br2NOS/c1-12(2,4-5-16-3)8-15-7-9-6-10(13)11(14)17-9/h6,15H,4-5,7-8H2,1-3H3. The molecule has 0 saturated heterocycles. The van der Waals surface area contributed by atoms with Gasteiger partial charge in [-0.05, 0) is 49.8 Å². The normalized spacial score (nSPS) is 12.1. The molecule has 0 aliphatic heterocycles. The minimum absolute atomic E-state index is 0.279. The molecule has 0 amide bonds. The Morgan fingerprint density at radius 3 is 2.65 bits per heavy atom. The maximum atomic E-state index is 5.12. The van der Waals surface area contributed by atoms with Gasteiger partial charge in [0.05, 0.1) is 3.79 Å². The van der Waals surface area contributed by atoms with Crippen molar-refractivity contribution in [3.8, 4) is 0 Å². The van der Waals surface area contributed by atoms with Crippen molar-refractivity contribution in [2.24, 2.45) is 5.41 Å². The van der Waals surface area contributed by atoms with Gasteiger partial charge in [-0.3, -0.25) is 0 Å². The fourth-order valence-electron chi connectivity index (χ4n) is 1.47. The molecule has 1 rings (SSSR count). The van der Waals surface area contributed by atoms with Crippen LogP contribution in [0, 0.1) is 5.41 Å². The Hall–Kier alpha value is 0.580. The Bertz CT molecular complexity index is 333. The molecule has 0 radical (unpaired) electrons. The van der Waals surface area contributed by atoms with Gasteiger partial charge in [-0.15, -0.1) is 11.3 Å². The molecule has 1 heterocycles. The molecular formula is C12H19Br2NOS. The van der Waals surface area contributed by atoms with Crippen LogP contribution < -0.4 is 5.32 Å². The molecule has 0 fully saturated rings. The van der Waals surface area contributed by atoms with Gasteiger partial charge in [0.1, 0.15) is 0 Å². The number of thiophene rings is 1. The third-order valence-corrected chi connectivity index (χ3v) is 5.84. The van der Waals surface area contributed by atoms with Crippen LogP contribution in [0.4, 0.5) is 0 Å². The van der Waals surface area contributed by atoms with Crippen LogP contribution in [0.3, 0.4) is 0 Å². The highest BCUT2D eigenvalue weighted by molar-refractivity contribution is 9.13. The monoisotopic (exact) mass is 383 g/mol. The molecule has 0 atom stereocenters. The lowest BCUT2D eigenvalue weighted by molar-refractivity contribution is 0.150. The molecule has 0 aromatic carbocycles. The predicted octanol–water partition coefficient (Wildman–Crippen LogP) is 4.43. The number of methoxy groups -OCH3 is 1. The van der Waals surface area contributed by atoms with Crippen LogP contribution in [-0.2, 0) is 11.3 Å². The molecule has 0 spiro atoms. The molecule has 0 saturated carbocycles. The number of ether oxygens (including phenoxy) is 1. The van der Waals surface area contributed by atoms with E-state index in [-0.39, 0.29) is 5.41 Å². The molecule has 17 heavy (non-hydrogen) atoms. The van der Waals surface area contributed by atoms with Crippen LogP contribution in [0.25, 0.3) is 0 Å². The number of hydrogen-bond donors (Lipinski definition) is 1. The van der Waals surface area contributed by atoms with Gasteiger partial charge in [0.15, 0.2) is 0 Å². The van der Waals surface area contributed by atoms with E-state index in [0.717, 1.165) is 34.4 Å². The second-order valence-corrected chi connectivity index (χ2v) is 8.15. The topological polar surface area (TPSA) is 21.3 Å². The first-order chi connectivity index (χ1) is 7.94. The zero-order chi connectivity index (χ0) is 12.9. The van der Waals surface area contributed by atoms with Crippen molar-refractivity contribution in [3.05, 3.63) is 19.2 Å². The Balaban J connectivity index is 2.31. The lowest BCUT2D eigenvalue weighted by Gasteiger charge is -2.24. The van der Waals surface area contributed by atoms with E-state index in [9.17, 15) is 0 Å². The van der Waals surface area contributed by atoms with Gasteiger partial charge in [-0.1, -0.05) is 13.8 Å². The van der Waals surface area contributed by atoms with Crippen molar-refractivity contribution in [3.63, 3.8) is 0 Å².